The average molecular weight is 364 g/mol. The molecule has 6 nitrogen and oxygen atoms in total. The zero-order valence-corrected chi connectivity index (χ0v) is 15.4. The second-order valence-electron chi connectivity index (χ2n) is 6.18. The Hall–Kier alpha value is -2.99. The number of nitrogens with one attached hydrogen (secondary N) is 1. The first-order valence-corrected chi connectivity index (χ1v) is 9.02. The Morgan fingerprint density at radius 2 is 2.04 bits per heavy atom. The molecule has 1 aromatic carbocycles. The van der Waals surface area contributed by atoms with E-state index in [0.29, 0.717) is 18.8 Å². The summed E-state index contributed by atoms with van der Waals surface area (Å²) in [7, 11) is 0. The van der Waals surface area contributed by atoms with E-state index < -0.39 is 0 Å². The Morgan fingerprint density at radius 1 is 1.22 bits per heavy atom. The Balaban J connectivity index is 1.71. The molecule has 1 heterocycles. The number of ether oxygens (including phenoxy) is 2. The van der Waals surface area contributed by atoms with Gasteiger partial charge in [0.05, 0.1) is 22.9 Å². The van der Waals surface area contributed by atoms with Crippen LogP contribution in [0.5, 0.6) is 0 Å². The molecule has 1 aliphatic carbocycles. The summed E-state index contributed by atoms with van der Waals surface area (Å²) in [6, 6.07) is 13.1. The maximum Gasteiger partial charge on any atom is 0.130 e. The summed E-state index contributed by atoms with van der Waals surface area (Å²) in [6.07, 6.45) is 5.11. The van der Waals surface area contributed by atoms with Crippen LogP contribution in [0.2, 0.25) is 0 Å². The molecule has 0 radical (unpaired) electrons. The maximum atomic E-state index is 7.47. The highest BCUT2D eigenvalue weighted by molar-refractivity contribution is 5.96. The summed E-state index contributed by atoms with van der Waals surface area (Å²) in [5.41, 5.74) is 8.88. The number of hydrogen-bond donors (Lipinski definition) is 2. The molecule has 27 heavy (non-hydrogen) atoms. The third-order valence-corrected chi connectivity index (χ3v) is 4.22. The molecule has 1 atom stereocenters. The van der Waals surface area contributed by atoms with E-state index in [0.717, 1.165) is 35.7 Å². The number of pyridine rings is 1. The van der Waals surface area contributed by atoms with Gasteiger partial charge in [-0.25, -0.2) is 0 Å². The summed E-state index contributed by atoms with van der Waals surface area (Å²) in [5, 5.41) is 7.47. The van der Waals surface area contributed by atoms with Gasteiger partial charge in [0.15, 0.2) is 0 Å². The maximum absolute atomic E-state index is 7.47. The Bertz CT molecular complexity index is 829. The predicted molar refractivity (Wildman–Crippen MR) is 106 cm³/mol. The van der Waals surface area contributed by atoms with Gasteiger partial charge in [-0.15, -0.1) is 0 Å². The number of nitrogens with two attached hydrogens (primary N) is 1. The first-order chi connectivity index (χ1) is 13.2. The summed E-state index contributed by atoms with van der Waals surface area (Å²) < 4.78 is 11.8. The molecule has 6 heteroatoms. The molecule has 3 N–H and O–H groups in total. The number of nitrogens with zero attached hydrogens (tertiary/aromatic N) is 2. The highest BCUT2D eigenvalue weighted by Crippen LogP contribution is 2.24. The molecule has 0 fully saturated rings. The van der Waals surface area contributed by atoms with Gasteiger partial charge in [-0.2, -0.15) is 0 Å². The molecule has 1 aliphatic rings. The topological polar surface area (TPSA) is 93.6 Å². The summed E-state index contributed by atoms with van der Waals surface area (Å²) in [6.45, 7) is 3.01. The molecule has 1 unspecified atom stereocenters. The van der Waals surface area contributed by atoms with Crippen molar-refractivity contribution in [1.82, 2.24) is 4.98 Å². The summed E-state index contributed by atoms with van der Waals surface area (Å²) in [4.78, 5) is 9.02. The molecular formula is C21H24N4O2. The summed E-state index contributed by atoms with van der Waals surface area (Å²) >= 11 is 0. The number of amidine groups is 1. The molecule has 0 saturated carbocycles. The lowest BCUT2D eigenvalue weighted by Gasteiger charge is -2.23. The van der Waals surface area contributed by atoms with Gasteiger partial charge in [0.25, 0.3) is 0 Å². The van der Waals surface area contributed by atoms with Crippen LogP contribution in [0, 0.1) is 5.41 Å². The molecule has 0 aliphatic heterocycles. The lowest BCUT2D eigenvalue weighted by atomic mass is 10.0. The number of nitrogen functional groups attached to an aromatic ring is 1. The first-order valence-electron chi connectivity index (χ1n) is 9.02. The normalized spacial score (nSPS) is 18.2. The van der Waals surface area contributed by atoms with E-state index in [2.05, 4.69) is 4.98 Å². The molecule has 140 valence electrons. The second-order valence-corrected chi connectivity index (χ2v) is 6.18. The monoisotopic (exact) mass is 364 g/mol. The fourth-order valence-electron chi connectivity index (χ4n) is 2.84. The van der Waals surface area contributed by atoms with E-state index in [4.69, 9.17) is 25.6 Å². The number of benzene rings is 1. The molecule has 0 amide bonds. The highest BCUT2D eigenvalue weighted by Gasteiger charge is 2.22. The summed E-state index contributed by atoms with van der Waals surface area (Å²) in [5.74, 6) is 0.960. The predicted octanol–water partition coefficient (Wildman–Crippen LogP) is 3.74. The lowest BCUT2D eigenvalue weighted by Crippen LogP contribution is -2.26. The van der Waals surface area contributed by atoms with Crippen molar-refractivity contribution in [2.75, 3.05) is 6.61 Å². The zero-order chi connectivity index (χ0) is 19.1. The lowest BCUT2D eigenvalue weighted by molar-refractivity contribution is 0.122. The van der Waals surface area contributed by atoms with E-state index >= 15 is 0 Å². The van der Waals surface area contributed by atoms with Gasteiger partial charge in [-0.1, -0.05) is 6.07 Å². The minimum Gasteiger partial charge on any atom is -0.492 e. The van der Waals surface area contributed by atoms with Gasteiger partial charge < -0.3 is 15.2 Å². The van der Waals surface area contributed by atoms with Crippen molar-refractivity contribution < 1.29 is 9.47 Å². The first kappa shape index (κ1) is 18.8. The van der Waals surface area contributed by atoms with Crippen molar-refractivity contribution >= 4 is 17.2 Å². The smallest absolute Gasteiger partial charge is 0.130 e. The number of aromatic nitrogens is 1. The van der Waals surface area contributed by atoms with Crippen LogP contribution in [0.1, 0.15) is 31.0 Å². The Kier molecular flexibility index (Phi) is 6.33. The van der Waals surface area contributed by atoms with Gasteiger partial charge in [0.2, 0.25) is 0 Å². The van der Waals surface area contributed by atoms with Crippen molar-refractivity contribution in [1.29, 1.82) is 5.41 Å². The minimum atomic E-state index is -0.199. The largest absolute Gasteiger partial charge is 0.492 e. The number of aliphatic imine (C=N–C) groups is 1. The SMILES string of the molecule is CCOC1C=C(OCc2ccccn2)CCC1=Nc1ccc(C(=N)N)cc1. The molecule has 2 aromatic rings. The van der Waals surface area contributed by atoms with Crippen LogP contribution in [-0.4, -0.2) is 29.2 Å². The van der Waals surface area contributed by atoms with E-state index in [1.807, 2.05) is 43.3 Å². The fraction of sp³-hybridized carbons (Fsp3) is 0.286. The van der Waals surface area contributed by atoms with Crippen LogP contribution in [0.4, 0.5) is 5.69 Å². The van der Waals surface area contributed by atoms with E-state index in [1.54, 1.807) is 18.3 Å². The van der Waals surface area contributed by atoms with Crippen molar-refractivity contribution in [3.05, 3.63) is 71.8 Å². The van der Waals surface area contributed by atoms with Crippen molar-refractivity contribution in [2.45, 2.75) is 32.5 Å². The molecule has 3 rings (SSSR count). The quantitative estimate of drug-likeness (QED) is 0.578. The van der Waals surface area contributed by atoms with Gasteiger partial charge in [0, 0.05) is 24.8 Å². The minimum absolute atomic E-state index is 0.0525. The Morgan fingerprint density at radius 3 is 2.70 bits per heavy atom. The van der Waals surface area contributed by atoms with Crippen molar-refractivity contribution in [3.8, 4) is 0 Å². The third-order valence-electron chi connectivity index (χ3n) is 4.22. The second kappa shape index (κ2) is 9.09. The van der Waals surface area contributed by atoms with Crippen LogP contribution in [0.25, 0.3) is 0 Å². The van der Waals surface area contributed by atoms with Crippen molar-refractivity contribution in [3.63, 3.8) is 0 Å². The van der Waals surface area contributed by atoms with Gasteiger partial charge >= 0.3 is 0 Å². The molecule has 0 bridgehead atoms. The van der Waals surface area contributed by atoms with Crippen LogP contribution in [0.3, 0.4) is 0 Å². The average Bonchev–Trinajstić information content (AvgIpc) is 2.69. The van der Waals surface area contributed by atoms with E-state index in [-0.39, 0.29) is 11.9 Å². The number of rotatable bonds is 7. The molecule has 0 saturated heterocycles. The fourth-order valence-corrected chi connectivity index (χ4v) is 2.84. The number of hydrogen-bond acceptors (Lipinski definition) is 5. The zero-order valence-electron chi connectivity index (χ0n) is 15.4. The molecule has 1 aromatic heterocycles. The molecule has 0 spiro atoms. The van der Waals surface area contributed by atoms with Crippen LogP contribution < -0.4 is 5.73 Å². The standard InChI is InChI=1S/C21H24N4O2/c1-2-26-20-13-18(27-14-17-5-3-4-12-24-17)10-11-19(20)25-16-8-6-15(7-9-16)21(22)23/h3-9,12-13,20H,2,10-11,14H2,1H3,(H3,22,23). The van der Waals surface area contributed by atoms with Gasteiger partial charge in [0.1, 0.15) is 18.5 Å². The van der Waals surface area contributed by atoms with E-state index in [9.17, 15) is 0 Å². The third kappa shape index (κ3) is 5.24. The Labute approximate surface area is 159 Å². The highest BCUT2D eigenvalue weighted by atomic mass is 16.5. The van der Waals surface area contributed by atoms with Gasteiger partial charge in [-0.3, -0.25) is 15.4 Å². The number of allylic oxidation sites excluding steroid dienone is 1. The van der Waals surface area contributed by atoms with Crippen LogP contribution in [0.15, 0.2) is 65.5 Å². The van der Waals surface area contributed by atoms with Gasteiger partial charge in [-0.05, 0) is 55.8 Å². The van der Waals surface area contributed by atoms with E-state index in [1.165, 1.54) is 0 Å². The van der Waals surface area contributed by atoms with Crippen LogP contribution >= 0.6 is 0 Å². The molecular weight excluding hydrogens is 340 g/mol. The van der Waals surface area contributed by atoms with Crippen molar-refractivity contribution in [2.24, 2.45) is 10.7 Å². The van der Waals surface area contributed by atoms with Crippen LogP contribution in [-0.2, 0) is 16.1 Å².